The zero-order valence-corrected chi connectivity index (χ0v) is 20.6. The molecule has 0 aromatic heterocycles. The molecule has 8 heteroatoms. The number of carboxylic acids is 1. The minimum atomic E-state index is -1.04. The van der Waals surface area contributed by atoms with Crippen molar-refractivity contribution in [2.24, 2.45) is 5.41 Å². The minimum absolute atomic E-state index is 0.0895. The van der Waals surface area contributed by atoms with Gasteiger partial charge in [0, 0.05) is 11.7 Å². The molecule has 0 spiro atoms. The third kappa shape index (κ3) is 4.51. The van der Waals surface area contributed by atoms with Crippen LogP contribution >= 0.6 is 11.8 Å². The van der Waals surface area contributed by atoms with Crippen LogP contribution in [0.4, 0.5) is 4.79 Å². The molecule has 1 fully saturated rings. The molecule has 7 nitrogen and oxygen atoms in total. The van der Waals surface area contributed by atoms with Crippen LogP contribution in [-0.2, 0) is 14.3 Å². The number of ether oxygens (including phenoxy) is 1. The standard InChI is InChI=1S/C26H30N2O5S/c1-15-28(21(14-34-15)24(30)31)23(29)22(26(2,3)4)27-25(32)33-13-20-18-11-7-5-9-16(18)17-10-6-8-12-19(17)20/h5-12,15,20-22H,13-14H2,1-4H3,(H,27,32)(H,30,31)/t15?,21?,22-/m1/s1. The number of hydrogen-bond acceptors (Lipinski definition) is 5. The zero-order valence-electron chi connectivity index (χ0n) is 19.8. The van der Waals surface area contributed by atoms with E-state index >= 15 is 0 Å². The molecule has 2 aromatic rings. The first-order chi connectivity index (χ1) is 16.1. The van der Waals surface area contributed by atoms with Crippen molar-refractivity contribution in [2.45, 2.75) is 51.1 Å². The summed E-state index contributed by atoms with van der Waals surface area (Å²) in [5.74, 6) is -1.22. The average molecular weight is 483 g/mol. The van der Waals surface area contributed by atoms with E-state index < -0.39 is 35.5 Å². The molecule has 180 valence electrons. The fourth-order valence-corrected chi connectivity index (χ4v) is 5.90. The Kier molecular flexibility index (Phi) is 6.62. The topological polar surface area (TPSA) is 95.9 Å². The molecule has 3 atom stereocenters. The molecule has 1 saturated heterocycles. The molecule has 1 heterocycles. The molecule has 0 bridgehead atoms. The smallest absolute Gasteiger partial charge is 0.407 e. The number of aliphatic carboxylic acids is 1. The van der Waals surface area contributed by atoms with E-state index in [-0.39, 0.29) is 17.9 Å². The molecule has 4 rings (SSSR count). The van der Waals surface area contributed by atoms with Crippen LogP contribution in [0.1, 0.15) is 44.7 Å². The Morgan fingerprint density at radius 1 is 1.09 bits per heavy atom. The number of alkyl carbamates (subject to hydrolysis) is 1. The summed E-state index contributed by atoms with van der Waals surface area (Å²) in [6.45, 7) is 7.45. The molecule has 2 N–H and O–H groups in total. The van der Waals surface area contributed by atoms with E-state index in [9.17, 15) is 19.5 Å². The van der Waals surface area contributed by atoms with E-state index in [1.807, 2.05) is 57.2 Å². The Morgan fingerprint density at radius 3 is 2.18 bits per heavy atom. The van der Waals surface area contributed by atoms with Gasteiger partial charge in [-0.3, -0.25) is 4.79 Å². The molecule has 2 unspecified atom stereocenters. The highest BCUT2D eigenvalue weighted by Crippen LogP contribution is 2.44. The van der Waals surface area contributed by atoms with Crippen molar-refractivity contribution in [2.75, 3.05) is 12.4 Å². The van der Waals surface area contributed by atoms with E-state index in [0.717, 1.165) is 22.3 Å². The Balaban J connectivity index is 1.49. The average Bonchev–Trinajstić information content (AvgIpc) is 3.33. The van der Waals surface area contributed by atoms with Crippen molar-refractivity contribution in [3.63, 3.8) is 0 Å². The van der Waals surface area contributed by atoms with Gasteiger partial charge in [0.15, 0.2) is 0 Å². The van der Waals surface area contributed by atoms with Gasteiger partial charge in [0.2, 0.25) is 5.91 Å². The number of fused-ring (bicyclic) bond motifs is 3. The van der Waals surface area contributed by atoms with Crippen molar-refractivity contribution >= 4 is 29.7 Å². The summed E-state index contributed by atoms with van der Waals surface area (Å²) in [5.41, 5.74) is 3.84. The maximum absolute atomic E-state index is 13.4. The number of amides is 2. The molecule has 0 saturated carbocycles. The molecule has 2 aliphatic rings. The number of carbonyl (C=O) groups excluding carboxylic acids is 2. The highest BCUT2D eigenvalue weighted by Gasteiger charge is 2.45. The van der Waals surface area contributed by atoms with E-state index in [0.29, 0.717) is 5.75 Å². The summed E-state index contributed by atoms with van der Waals surface area (Å²) in [6, 6.07) is 14.3. The Bertz CT molecular complexity index is 1070. The van der Waals surface area contributed by atoms with Gasteiger partial charge in [0.1, 0.15) is 18.7 Å². The second-order valence-electron chi connectivity index (χ2n) is 9.80. The molecule has 1 aliphatic carbocycles. The minimum Gasteiger partial charge on any atom is -0.480 e. The lowest BCUT2D eigenvalue weighted by Gasteiger charge is -2.36. The van der Waals surface area contributed by atoms with Gasteiger partial charge >= 0.3 is 12.1 Å². The number of thioether (sulfide) groups is 1. The molecule has 2 aromatic carbocycles. The number of nitrogens with one attached hydrogen (secondary N) is 1. The second kappa shape index (κ2) is 9.33. The maximum atomic E-state index is 13.4. The lowest BCUT2D eigenvalue weighted by Crippen LogP contribution is -2.58. The largest absolute Gasteiger partial charge is 0.480 e. The summed E-state index contributed by atoms with van der Waals surface area (Å²) in [4.78, 5) is 39.3. The molecular weight excluding hydrogens is 452 g/mol. The summed E-state index contributed by atoms with van der Waals surface area (Å²) in [5, 5.41) is 12.0. The van der Waals surface area contributed by atoms with E-state index in [1.54, 1.807) is 6.92 Å². The van der Waals surface area contributed by atoms with E-state index in [4.69, 9.17) is 4.74 Å². The monoisotopic (exact) mass is 482 g/mol. The Hall–Kier alpha value is -3.00. The molecule has 0 radical (unpaired) electrons. The normalized spacial score (nSPS) is 20.4. The predicted molar refractivity (Wildman–Crippen MR) is 132 cm³/mol. The summed E-state index contributed by atoms with van der Waals surface area (Å²) in [6.07, 6.45) is -0.693. The van der Waals surface area contributed by atoms with Crippen LogP contribution in [-0.4, -0.2) is 57.8 Å². The van der Waals surface area contributed by atoms with Crippen LogP contribution in [0.5, 0.6) is 0 Å². The van der Waals surface area contributed by atoms with Gasteiger partial charge in [-0.2, -0.15) is 0 Å². The number of carboxylic acid groups (broad SMARTS) is 1. The van der Waals surface area contributed by atoms with Gasteiger partial charge in [0.05, 0.1) is 5.37 Å². The molecule has 2 amide bonds. The van der Waals surface area contributed by atoms with Crippen LogP contribution in [0, 0.1) is 5.41 Å². The van der Waals surface area contributed by atoms with Crippen LogP contribution in [0.3, 0.4) is 0 Å². The second-order valence-corrected chi connectivity index (χ2v) is 11.2. The van der Waals surface area contributed by atoms with Gasteiger partial charge in [-0.05, 0) is 34.6 Å². The maximum Gasteiger partial charge on any atom is 0.407 e. The summed E-state index contributed by atoms with van der Waals surface area (Å²) in [7, 11) is 0. The summed E-state index contributed by atoms with van der Waals surface area (Å²) < 4.78 is 5.64. The van der Waals surface area contributed by atoms with Crippen molar-refractivity contribution in [1.82, 2.24) is 10.2 Å². The number of hydrogen-bond donors (Lipinski definition) is 2. The Labute approximate surface area is 203 Å². The fourth-order valence-electron chi connectivity index (χ4n) is 4.72. The zero-order chi connectivity index (χ0) is 24.6. The number of benzene rings is 2. The molecule has 34 heavy (non-hydrogen) atoms. The first-order valence-electron chi connectivity index (χ1n) is 11.4. The fraction of sp³-hybridized carbons (Fsp3) is 0.423. The van der Waals surface area contributed by atoms with Crippen LogP contribution < -0.4 is 5.32 Å². The quantitative estimate of drug-likeness (QED) is 0.659. The third-order valence-corrected chi connectivity index (χ3v) is 7.70. The predicted octanol–water partition coefficient (Wildman–Crippen LogP) is 4.31. The molecule has 1 aliphatic heterocycles. The highest BCUT2D eigenvalue weighted by molar-refractivity contribution is 8.00. The van der Waals surface area contributed by atoms with Crippen molar-refractivity contribution in [1.29, 1.82) is 0 Å². The van der Waals surface area contributed by atoms with Crippen LogP contribution in [0.2, 0.25) is 0 Å². The number of carbonyl (C=O) groups is 3. The van der Waals surface area contributed by atoms with Gasteiger partial charge in [-0.15, -0.1) is 11.8 Å². The van der Waals surface area contributed by atoms with Gasteiger partial charge in [-0.1, -0.05) is 69.3 Å². The third-order valence-electron chi connectivity index (χ3n) is 6.48. The van der Waals surface area contributed by atoms with Gasteiger partial charge < -0.3 is 20.1 Å². The first kappa shape index (κ1) is 24.1. The summed E-state index contributed by atoms with van der Waals surface area (Å²) >= 11 is 1.41. The Morgan fingerprint density at radius 2 is 1.65 bits per heavy atom. The van der Waals surface area contributed by atoms with Gasteiger partial charge in [0.25, 0.3) is 0 Å². The van der Waals surface area contributed by atoms with Crippen molar-refractivity contribution in [3.8, 4) is 11.1 Å². The van der Waals surface area contributed by atoms with E-state index in [1.165, 1.54) is 16.7 Å². The molecular formula is C26H30N2O5S. The highest BCUT2D eigenvalue weighted by atomic mass is 32.2. The lowest BCUT2D eigenvalue weighted by atomic mass is 9.85. The van der Waals surface area contributed by atoms with Crippen molar-refractivity contribution < 1.29 is 24.2 Å². The number of nitrogens with zero attached hydrogens (tertiary/aromatic N) is 1. The lowest BCUT2D eigenvalue weighted by molar-refractivity contribution is -0.150. The van der Waals surface area contributed by atoms with Crippen LogP contribution in [0.15, 0.2) is 48.5 Å². The number of rotatable bonds is 5. The van der Waals surface area contributed by atoms with Crippen LogP contribution in [0.25, 0.3) is 11.1 Å². The van der Waals surface area contributed by atoms with Gasteiger partial charge in [-0.25, -0.2) is 9.59 Å². The van der Waals surface area contributed by atoms with Crippen molar-refractivity contribution in [3.05, 3.63) is 59.7 Å². The van der Waals surface area contributed by atoms with E-state index in [2.05, 4.69) is 17.4 Å². The first-order valence-corrected chi connectivity index (χ1v) is 12.4. The SMILES string of the molecule is CC1SCC(C(=O)O)N1C(=O)[C@@H](NC(=O)OCC1c2ccccc2-c2ccccc21)C(C)(C)C.